The largest absolute Gasteiger partial charge is 0.497 e. The van der Waals surface area contributed by atoms with Gasteiger partial charge in [-0.25, -0.2) is 0 Å². The molecule has 3 heterocycles. The standard InChI is InChI=1S/C30H33N3O2/c1-35-27-8-4-6-25(18-27)20-32-16-2-3-17-33-28(21-32)30(29(33)22-34)26-13-11-23(12-14-26)9-10-24-7-5-15-31-19-24/h4-8,11-15,18-19,28-30,34H,2-3,16-17,20-22H2,1H3/t28-,29-,30-/m0/s1. The molecule has 0 bridgehead atoms. The van der Waals surface area contributed by atoms with Crippen molar-refractivity contribution in [3.05, 3.63) is 95.3 Å². The Bertz CT molecular complexity index is 1170. The van der Waals surface area contributed by atoms with E-state index in [0.717, 1.165) is 49.5 Å². The lowest BCUT2D eigenvalue weighted by molar-refractivity contribution is -0.0655. The van der Waals surface area contributed by atoms with Gasteiger partial charge in [-0.1, -0.05) is 36.1 Å². The molecule has 2 saturated heterocycles. The van der Waals surface area contributed by atoms with Gasteiger partial charge in [-0.3, -0.25) is 14.8 Å². The monoisotopic (exact) mass is 467 g/mol. The third kappa shape index (κ3) is 5.41. The zero-order valence-corrected chi connectivity index (χ0v) is 20.3. The summed E-state index contributed by atoms with van der Waals surface area (Å²) in [7, 11) is 1.72. The zero-order chi connectivity index (χ0) is 24.0. The van der Waals surface area contributed by atoms with Crippen LogP contribution in [0.2, 0.25) is 0 Å². The molecule has 0 radical (unpaired) electrons. The minimum absolute atomic E-state index is 0.184. The van der Waals surface area contributed by atoms with E-state index in [1.54, 1.807) is 19.5 Å². The van der Waals surface area contributed by atoms with Crippen molar-refractivity contribution in [2.24, 2.45) is 0 Å². The van der Waals surface area contributed by atoms with Crippen LogP contribution in [0.3, 0.4) is 0 Å². The number of aromatic nitrogens is 1. The lowest BCUT2D eigenvalue weighted by Crippen LogP contribution is -2.67. The predicted molar refractivity (Wildman–Crippen MR) is 138 cm³/mol. The molecule has 0 amide bonds. The van der Waals surface area contributed by atoms with Crippen LogP contribution >= 0.6 is 0 Å². The van der Waals surface area contributed by atoms with Crippen LogP contribution < -0.4 is 4.74 Å². The summed E-state index contributed by atoms with van der Waals surface area (Å²) in [6.07, 6.45) is 5.88. The van der Waals surface area contributed by atoms with Crippen molar-refractivity contribution < 1.29 is 9.84 Å². The summed E-state index contributed by atoms with van der Waals surface area (Å²) in [5.41, 5.74) is 4.48. The van der Waals surface area contributed by atoms with Crippen molar-refractivity contribution in [3.8, 4) is 17.6 Å². The average molecular weight is 468 g/mol. The van der Waals surface area contributed by atoms with Crippen molar-refractivity contribution in [3.63, 3.8) is 0 Å². The van der Waals surface area contributed by atoms with Gasteiger partial charge in [-0.2, -0.15) is 0 Å². The number of aliphatic hydroxyl groups is 1. The number of benzene rings is 2. The lowest BCUT2D eigenvalue weighted by atomic mass is 9.74. The van der Waals surface area contributed by atoms with Crippen LogP contribution in [0.25, 0.3) is 0 Å². The van der Waals surface area contributed by atoms with Crippen molar-refractivity contribution in [1.82, 2.24) is 14.8 Å². The molecule has 2 aromatic carbocycles. The molecule has 3 atom stereocenters. The summed E-state index contributed by atoms with van der Waals surface area (Å²) in [6, 6.07) is 21.4. The van der Waals surface area contributed by atoms with Crippen LogP contribution in [-0.4, -0.2) is 65.3 Å². The van der Waals surface area contributed by atoms with E-state index >= 15 is 0 Å². The Balaban J connectivity index is 1.32. The molecule has 2 fully saturated rings. The number of pyridine rings is 1. The third-order valence-corrected chi connectivity index (χ3v) is 7.30. The van der Waals surface area contributed by atoms with Gasteiger partial charge in [0.25, 0.3) is 0 Å². The molecule has 180 valence electrons. The minimum Gasteiger partial charge on any atom is -0.497 e. The van der Waals surface area contributed by atoms with Gasteiger partial charge in [-0.15, -0.1) is 0 Å². The summed E-state index contributed by atoms with van der Waals surface area (Å²) >= 11 is 0. The van der Waals surface area contributed by atoms with Crippen molar-refractivity contribution in [1.29, 1.82) is 0 Å². The second-order valence-corrected chi connectivity index (χ2v) is 9.49. The smallest absolute Gasteiger partial charge is 0.119 e. The first kappa shape index (κ1) is 23.6. The van der Waals surface area contributed by atoms with E-state index in [-0.39, 0.29) is 12.6 Å². The van der Waals surface area contributed by atoms with Crippen LogP contribution in [0.1, 0.15) is 41.0 Å². The number of hydrogen-bond donors (Lipinski definition) is 1. The summed E-state index contributed by atoms with van der Waals surface area (Å²) in [6.45, 7) is 4.27. The van der Waals surface area contributed by atoms with E-state index in [4.69, 9.17) is 4.74 Å². The highest BCUT2D eigenvalue weighted by molar-refractivity contribution is 5.43. The van der Waals surface area contributed by atoms with Crippen LogP contribution in [-0.2, 0) is 6.54 Å². The van der Waals surface area contributed by atoms with Crippen molar-refractivity contribution >= 4 is 0 Å². The molecular formula is C30H33N3O2. The molecule has 3 aromatic rings. The van der Waals surface area contributed by atoms with Gasteiger partial charge in [0.15, 0.2) is 0 Å². The number of methoxy groups -OCH3 is 1. The first-order valence-corrected chi connectivity index (χ1v) is 12.5. The molecule has 0 unspecified atom stereocenters. The molecule has 5 heteroatoms. The molecule has 35 heavy (non-hydrogen) atoms. The first-order chi connectivity index (χ1) is 17.2. The van der Waals surface area contributed by atoms with Crippen LogP contribution in [0.15, 0.2) is 73.1 Å². The fraction of sp³-hybridized carbons (Fsp3) is 0.367. The second kappa shape index (κ2) is 11.0. The number of ether oxygens (including phenoxy) is 1. The maximum Gasteiger partial charge on any atom is 0.119 e. The molecular weight excluding hydrogens is 434 g/mol. The van der Waals surface area contributed by atoms with Crippen molar-refractivity contribution in [2.75, 3.05) is 33.4 Å². The molecule has 0 spiro atoms. The van der Waals surface area contributed by atoms with Gasteiger partial charge in [0.2, 0.25) is 0 Å². The summed E-state index contributed by atoms with van der Waals surface area (Å²) in [5.74, 6) is 7.65. The fourth-order valence-electron chi connectivity index (χ4n) is 5.55. The maximum absolute atomic E-state index is 10.2. The predicted octanol–water partition coefficient (Wildman–Crippen LogP) is 3.91. The molecule has 2 aliphatic heterocycles. The first-order valence-electron chi connectivity index (χ1n) is 12.5. The topological polar surface area (TPSA) is 48.8 Å². The Morgan fingerprint density at radius 2 is 1.83 bits per heavy atom. The number of hydrogen-bond acceptors (Lipinski definition) is 5. The van der Waals surface area contributed by atoms with Crippen LogP contribution in [0, 0.1) is 11.8 Å². The van der Waals surface area contributed by atoms with Gasteiger partial charge in [0, 0.05) is 54.6 Å². The fourth-order valence-corrected chi connectivity index (χ4v) is 5.55. The highest BCUT2D eigenvalue weighted by Gasteiger charge is 2.48. The average Bonchev–Trinajstić information content (AvgIpc) is 2.89. The summed E-state index contributed by atoms with van der Waals surface area (Å²) in [5, 5.41) is 10.2. The highest BCUT2D eigenvalue weighted by Crippen LogP contribution is 2.42. The van der Waals surface area contributed by atoms with Crippen LogP contribution in [0.5, 0.6) is 5.75 Å². The van der Waals surface area contributed by atoms with E-state index in [1.165, 1.54) is 17.5 Å². The minimum atomic E-state index is 0.184. The Morgan fingerprint density at radius 1 is 1.00 bits per heavy atom. The molecule has 0 aliphatic carbocycles. The third-order valence-electron chi connectivity index (χ3n) is 7.30. The van der Waals surface area contributed by atoms with E-state index in [0.29, 0.717) is 12.0 Å². The normalized spacial score (nSPS) is 22.6. The molecule has 5 nitrogen and oxygen atoms in total. The van der Waals surface area contributed by atoms with Gasteiger partial charge in [0.1, 0.15) is 5.75 Å². The summed E-state index contributed by atoms with van der Waals surface area (Å²) < 4.78 is 5.43. The lowest BCUT2D eigenvalue weighted by Gasteiger charge is -2.57. The molecule has 1 N–H and O–H groups in total. The molecule has 1 aromatic heterocycles. The van der Waals surface area contributed by atoms with Gasteiger partial charge in [0.05, 0.1) is 13.7 Å². The zero-order valence-electron chi connectivity index (χ0n) is 20.3. The van der Waals surface area contributed by atoms with Gasteiger partial charge in [-0.05, 0) is 73.5 Å². The Labute approximate surface area is 208 Å². The van der Waals surface area contributed by atoms with Crippen LogP contribution in [0.4, 0.5) is 0 Å². The number of aliphatic hydroxyl groups excluding tert-OH is 1. The second-order valence-electron chi connectivity index (χ2n) is 9.49. The van der Waals surface area contributed by atoms with E-state index in [2.05, 4.69) is 69.1 Å². The van der Waals surface area contributed by atoms with Gasteiger partial charge >= 0.3 is 0 Å². The molecule has 2 aliphatic rings. The van der Waals surface area contributed by atoms with Crippen molar-refractivity contribution in [2.45, 2.75) is 37.4 Å². The van der Waals surface area contributed by atoms with E-state index in [1.807, 2.05) is 18.2 Å². The van der Waals surface area contributed by atoms with E-state index in [9.17, 15) is 5.11 Å². The Morgan fingerprint density at radius 3 is 2.60 bits per heavy atom. The number of nitrogens with zero attached hydrogens (tertiary/aromatic N) is 3. The Hall–Kier alpha value is -3.17. The summed E-state index contributed by atoms with van der Waals surface area (Å²) in [4.78, 5) is 9.22. The molecule has 5 rings (SSSR count). The number of rotatable bonds is 5. The highest BCUT2D eigenvalue weighted by atomic mass is 16.5. The molecule has 0 saturated carbocycles. The quantitative estimate of drug-likeness (QED) is 0.577. The number of fused-ring (bicyclic) bond motifs is 1. The SMILES string of the molecule is COc1cccc(CN2CCCCN3[C@@H](CO)[C@@H](c4ccc(C#Cc5cccnc5)cc4)[C@@H]3C2)c1. The Kier molecular flexibility index (Phi) is 7.44. The van der Waals surface area contributed by atoms with E-state index < -0.39 is 0 Å². The maximum atomic E-state index is 10.2. The van der Waals surface area contributed by atoms with Gasteiger partial charge < -0.3 is 9.84 Å².